The van der Waals surface area contributed by atoms with Gasteiger partial charge in [-0.15, -0.1) is 5.10 Å². The van der Waals surface area contributed by atoms with Crippen LogP contribution in [0.1, 0.15) is 16.9 Å². The number of aliphatic carboxylic acids is 1. The third kappa shape index (κ3) is 1.89. The Morgan fingerprint density at radius 2 is 2.31 bits per heavy atom. The van der Waals surface area contributed by atoms with Gasteiger partial charge in [-0.25, -0.2) is 4.79 Å². The average Bonchev–Trinajstić information content (AvgIpc) is 2.84. The van der Waals surface area contributed by atoms with Crippen LogP contribution in [0.15, 0.2) is 5.38 Å². The number of hydrogen-bond acceptors (Lipinski definition) is 6. The largest absolute Gasteiger partial charge is 0.480 e. The van der Waals surface area contributed by atoms with Gasteiger partial charge in [0.2, 0.25) is 0 Å². The normalized spacial score (nSPS) is 24.7. The van der Waals surface area contributed by atoms with Gasteiger partial charge in [-0.1, -0.05) is 4.49 Å². The number of carboxylic acids is 1. The van der Waals surface area contributed by atoms with Gasteiger partial charge in [-0.3, -0.25) is 4.79 Å². The van der Waals surface area contributed by atoms with E-state index in [1.165, 1.54) is 5.38 Å². The molecule has 1 aromatic heterocycles. The highest BCUT2D eigenvalue weighted by Crippen LogP contribution is 2.20. The lowest BCUT2D eigenvalue weighted by atomic mass is 10.2. The van der Waals surface area contributed by atoms with Crippen LogP contribution in [-0.2, 0) is 4.79 Å². The maximum atomic E-state index is 11.8. The first-order valence-corrected chi connectivity index (χ1v) is 5.42. The molecule has 0 unspecified atom stereocenters. The van der Waals surface area contributed by atoms with Crippen molar-refractivity contribution in [2.45, 2.75) is 18.6 Å². The second-order valence-electron chi connectivity index (χ2n) is 3.49. The van der Waals surface area contributed by atoms with E-state index in [1.54, 1.807) is 0 Å². The Morgan fingerprint density at radius 1 is 1.56 bits per heavy atom. The van der Waals surface area contributed by atoms with Crippen LogP contribution in [0.3, 0.4) is 0 Å². The molecule has 2 heterocycles. The second kappa shape index (κ2) is 4.14. The summed E-state index contributed by atoms with van der Waals surface area (Å²) in [6.45, 7) is 0.0212. The molecule has 8 heteroatoms. The summed E-state index contributed by atoms with van der Waals surface area (Å²) in [6, 6.07) is -0.982. The third-order valence-electron chi connectivity index (χ3n) is 2.40. The molecular weight excluding hydrogens is 234 g/mol. The van der Waals surface area contributed by atoms with E-state index in [1.807, 2.05) is 0 Å². The zero-order chi connectivity index (χ0) is 11.7. The molecule has 1 aromatic rings. The van der Waals surface area contributed by atoms with Crippen molar-refractivity contribution in [1.29, 1.82) is 0 Å². The lowest BCUT2D eigenvalue weighted by molar-refractivity contribution is -0.141. The van der Waals surface area contributed by atoms with Crippen molar-refractivity contribution >= 4 is 23.4 Å². The van der Waals surface area contributed by atoms with Crippen LogP contribution in [0, 0.1) is 0 Å². The summed E-state index contributed by atoms with van der Waals surface area (Å²) in [6.07, 6.45) is -0.741. The third-order valence-corrected chi connectivity index (χ3v) is 2.91. The van der Waals surface area contributed by atoms with E-state index >= 15 is 0 Å². The number of carboxylic acid groups (broad SMARTS) is 1. The lowest BCUT2D eigenvalue weighted by Crippen LogP contribution is -2.40. The number of amides is 1. The molecule has 2 N–H and O–H groups in total. The Kier molecular flexibility index (Phi) is 2.84. The fraction of sp³-hybridized carbons (Fsp3) is 0.500. The van der Waals surface area contributed by atoms with Crippen molar-refractivity contribution in [3.8, 4) is 0 Å². The fourth-order valence-electron chi connectivity index (χ4n) is 1.68. The Labute approximate surface area is 94.5 Å². The first kappa shape index (κ1) is 11.0. The van der Waals surface area contributed by atoms with Crippen LogP contribution in [0.4, 0.5) is 0 Å². The van der Waals surface area contributed by atoms with Gasteiger partial charge >= 0.3 is 5.97 Å². The highest BCUT2D eigenvalue weighted by Gasteiger charge is 2.39. The van der Waals surface area contributed by atoms with E-state index in [4.69, 9.17) is 5.11 Å². The molecular formula is C8H9N3O4S. The van der Waals surface area contributed by atoms with Crippen molar-refractivity contribution in [2.24, 2.45) is 0 Å². The number of β-amino-alcohol motifs (C(OH)–C–C–N with tert-alkyl or cyclic N) is 1. The molecule has 1 aliphatic heterocycles. The van der Waals surface area contributed by atoms with Gasteiger partial charge in [0.05, 0.1) is 6.10 Å². The van der Waals surface area contributed by atoms with Gasteiger partial charge in [-0.05, 0) is 11.5 Å². The highest BCUT2D eigenvalue weighted by atomic mass is 32.1. The van der Waals surface area contributed by atoms with Gasteiger partial charge in [0.1, 0.15) is 6.04 Å². The summed E-state index contributed by atoms with van der Waals surface area (Å²) in [5.74, 6) is -1.62. The monoisotopic (exact) mass is 243 g/mol. The van der Waals surface area contributed by atoms with Gasteiger partial charge in [0.25, 0.3) is 5.91 Å². The van der Waals surface area contributed by atoms with E-state index in [0.29, 0.717) is 0 Å². The molecule has 1 fully saturated rings. The van der Waals surface area contributed by atoms with Crippen LogP contribution in [-0.4, -0.2) is 55.3 Å². The Hall–Kier alpha value is -1.54. The SMILES string of the molecule is O=C(O)[C@@H]1C[C@@H](O)CN1C(=O)c1csnn1. The molecule has 2 rings (SSSR count). The summed E-state index contributed by atoms with van der Waals surface area (Å²) in [7, 11) is 0. The summed E-state index contributed by atoms with van der Waals surface area (Å²) < 4.78 is 3.54. The number of likely N-dealkylation sites (tertiary alicyclic amines) is 1. The number of carbonyl (C=O) groups excluding carboxylic acids is 1. The summed E-state index contributed by atoms with van der Waals surface area (Å²) in [5, 5.41) is 23.3. The minimum absolute atomic E-state index is 0.0212. The molecule has 2 atom stereocenters. The standard InChI is InChI=1S/C8H9N3O4S/c12-4-1-6(8(14)15)11(2-4)7(13)5-3-16-10-9-5/h3-4,6,12H,1-2H2,(H,14,15)/t4-,6+/m1/s1. The number of carbonyl (C=O) groups is 2. The fourth-order valence-corrected chi connectivity index (χ4v) is 2.11. The number of aliphatic hydroxyl groups is 1. The van der Waals surface area contributed by atoms with E-state index < -0.39 is 24.0 Å². The molecule has 0 radical (unpaired) electrons. The maximum absolute atomic E-state index is 11.8. The molecule has 1 amide bonds. The molecule has 1 aliphatic rings. The molecule has 0 aliphatic carbocycles. The van der Waals surface area contributed by atoms with Crippen LogP contribution in [0.5, 0.6) is 0 Å². The van der Waals surface area contributed by atoms with Crippen molar-refractivity contribution < 1.29 is 19.8 Å². The van der Waals surface area contributed by atoms with Crippen molar-refractivity contribution in [3.05, 3.63) is 11.1 Å². The van der Waals surface area contributed by atoms with E-state index in [-0.39, 0.29) is 18.7 Å². The van der Waals surface area contributed by atoms with Gasteiger partial charge in [0.15, 0.2) is 5.69 Å². The van der Waals surface area contributed by atoms with Crippen molar-refractivity contribution in [2.75, 3.05) is 6.54 Å². The van der Waals surface area contributed by atoms with Gasteiger partial charge in [-0.2, -0.15) is 0 Å². The highest BCUT2D eigenvalue weighted by molar-refractivity contribution is 7.03. The topological polar surface area (TPSA) is 104 Å². The van der Waals surface area contributed by atoms with Crippen LogP contribution >= 0.6 is 11.5 Å². The number of aliphatic hydroxyl groups excluding tert-OH is 1. The van der Waals surface area contributed by atoms with Crippen LogP contribution in [0.2, 0.25) is 0 Å². The second-order valence-corrected chi connectivity index (χ2v) is 4.10. The van der Waals surface area contributed by atoms with Crippen LogP contribution in [0.25, 0.3) is 0 Å². The van der Waals surface area contributed by atoms with E-state index in [0.717, 1.165) is 16.4 Å². The Balaban J connectivity index is 2.20. The van der Waals surface area contributed by atoms with Gasteiger partial charge in [0, 0.05) is 18.3 Å². The molecule has 16 heavy (non-hydrogen) atoms. The zero-order valence-electron chi connectivity index (χ0n) is 8.11. The predicted molar refractivity (Wildman–Crippen MR) is 53.0 cm³/mol. The minimum Gasteiger partial charge on any atom is -0.480 e. The minimum atomic E-state index is -1.12. The maximum Gasteiger partial charge on any atom is 0.326 e. The smallest absolute Gasteiger partial charge is 0.326 e. The van der Waals surface area contributed by atoms with Crippen LogP contribution < -0.4 is 0 Å². The number of nitrogens with zero attached hydrogens (tertiary/aromatic N) is 3. The van der Waals surface area contributed by atoms with Crippen molar-refractivity contribution in [3.63, 3.8) is 0 Å². The number of aromatic nitrogens is 2. The molecule has 1 saturated heterocycles. The molecule has 0 spiro atoms. The summed E-state index contributed by atoms with van der Waals surface area (Å²) in [4.78, 5) is 23.8. The first-order chi connectivity index (χ1) is 7.59. The van der Waals surface area contributed by atoms with E-state index in [2.05, 4.69) is 9.59 Å². The predicted octanol–water partition coefficient (Wildman–Crippen LogP) is -0.802. The lowest BCUT2D eigenvalue weighted by Gasteiger charge is -2.19. The van der Waals surface area contributed by atoms with E-state index in [9.17, 15) is 14.7 Å². The molecule has 7 nitrogen and oxygen atoms in total. The summed E-state index contributed by atoms with van der Waals surface area (Å²) >= 11 is 1.02. The van der Waals surface area contributed by atoms with Crippen molar-refractivity contribution in [1.82, 2.24) is 14.5 Å². The van der Waals surface area contributed by atoms with Gasteiger partial charge < -0.3 is 15.1 Å². The molecule has 0 aromatic carbocycles. The zero-order valence-corrected chi connectivity index (χ0v) is 8.92. The number of hydrogen-bond donors (Lipinski definition) is 2. The Bertz CT molecular complexity index is 407. The summed E-state index contributed by atoms with van der Waals surface area (Å²) in [5.41, 5.74) is 0.116. The number of rotatable bonds is 2. The molecule has 0 bridgehead atoms. The molecule has 86 valence electrons. The quantitative estimate of drug-likeness (QED) is 0.704. The average molecular weight is 243 g/mol. The molecule has 0 saturated carbocycles. The Morgan fingerprint density at radius 3 is 2.88 bits per heavy atom. The first-order valence-electron chi connectivity index (χ1n) is 4.58.